The van der Waals surface area contributed by atoms with Crippen molar-refractivity contribution in [3.05, 3.63) is 66.5 Å². The van der Waals surface area contributed by atoms with Crippen LogP contribution >= 0.6 is 0 Å². The summed E-state index contributed by atoms with van der Waals surface area (Å²) in [4.78, 5) is 16.5. The molecule has 3 aromatic rings. The number of benzene rings is 1. The Labute approximate surface area is 146 Å². The number of carbonyl (C=O) groups is 1. The summed E-state index contributed by atoms with van der Waals surface area (Å²) < 4.78 is 1.90. The maximum Gasteiger partial charge on any atom is 0.321 e. The van der Waals surface area contributed by atoms with Crippen LogP contribution in [0.25, 0.3) is 5.52 Å². The molecule has 4 rings (SSSR count). The Morgan fingerprint density at radius 2 is 1.76 bits per heavy atom. The van der Waals surface area contributed by atoms with Crippen LogP contribution in [0.1, 0.15) is 5.69 Å². The van der Waals surface area contributed by atoms with Crippen molar-refractivity contribution in [2.45, 2.75) is 6.54 Å². The van der Waals surface area contributed by atoms with Gasteiger partial charge >= 0.3 is 6.03 Å². The molecule has 2 aromatic heterocycles. The lowest BCUT2D eigenvalue weighted by atomic mass is 10.3. The molecule has 3 heterocycles. The summed E-state index contributed by atoms with van der Waals surface area (Å²) in [5.41, 5.74) is 3.01. The first-order chi connectivity index (χ1) is 12.3. The number of carbonyl (C=O) groups excluding carboxylic acids is 1. The molecule has 0 spiro atoms. The van der Waals surface area contributed by atoms with Crippen molar-refractivity contribution in [3.8, 4) is 0 Å². The van der Waals surface area contributed by atoms with Crippen LogP contribution in [0.2, 0.25) is 0 Å². The Balaban J connectivity index is 1.31. The van der Waals surface area contributed by atoms with Gasteiger partial charge in [-0.25, -0.2) is 9.31 Å². The number of aromatic nitrogens is 2. The zero-order valence-corrected chi connectivity index (χ0v) is 14.0. The Morgan fingerprint density at radius 1 is 1.00 bits per heavy atom. The summed E-state index contributed by atoms with van der Waals surface area (Å²) in [6, 6.07) is 17.7. The van der Waals surface area contributed by atoms with Crippen LogP contribution in [0.3, 0.4) is 0 Å². The summed E-state index contributed by atoms with van der Waals surface area (Å²) in [6.45, 7) is 3.99. The zero-order valence-electron chi connectivity index (χ0n) is 14.0. The van der Waals surface area contributed by atoms with Gasteiger partial charge in [0, 0.05) is 44.6 Å². The lowest BCUT2D eigenvalue weighted by molar-refractivity contribution is 0.142. The van der Waals surface area contributed by atoms with Crippen LogP contribution < -0.4 is 5.32 Å². The van der Waals surface area contributed by atoms with E-state index in [-0.39, 0.29) is 6.03 Å². The average Bonchev–Trinajstić information content (AvgIpc) is 3.05. The van der Waals surface area contributed by atoms with E-state index in [0.29, 0.717) is 0 Å². The van der Waals surface area contributed by atoms with E-state index in [2.05, 4.69) is 27.4 Å². The quantitative estimate of drug-likeness (QED) is 0.801. The fourth-order valence-corrected chi connectivity index (χ4v) is 3.13. The summed E-state index contributed by atoms with van der Waals surface area (Å²) >= 11 is 0. The monoisotopic (exact) mass is 335 g/mol. The molecule has 0 radical (unpaired) electrons. The minimum atomic E-state index is -0.0291. The molecule has 0 aliphatic carbocycles. The Morgan fingerprint density at radius 3 is 2.52 bits per heavy atom. The van der Waals surface area contributed by atoms with Crippen molar-refractivity contribution in [1.29, 1.82) is 0 Å². The molecule has 0 saturated carbocycles. The van der Waals surface area contributed by atoms with Crippen LogP contribution in [0.4, 0.5) is 10.5 Å². The molecule has 1 aliphatic heterocycles. The number of urea groups is 1. The molecule has 1 N–H and O–H groups in total. The summed E-state index contributed by atoms with van der Waals surface area (Å²) in [6.07, 6.45) is 1.96. The summed E-state index contributed by atoms with van der Waals surface area (Å²) in [5.74, 6) is 0. The maximum atomic E-state index is 12.3. The molecular weight excluding hydrogens is 314 g/mol. The van der Waals surface area contributed by atoms with Gasteiger partial charge in [-0.15, -0.1) is 0 Å². The smallest absolute Gasteiger partial charge is 0.321 e. The van der Waals surface area contributed by atoms with E-state index in [4.69, 9.17) is 0 Å². The number of amides is 2. The number of para-hydroxylation sites is 1. The van der Waals surface area contributed by atoms with Gasteiger partial charge in [-0.3, -0.25) is 4.90 Å². The van der Waals surface area contributed by atoms with Crippen molar-refractivity contribution in [1.82, 2.24) is 19.4 Å². The molecule has 0 unspecified atom stereocenters. The van der Waals surface area contributed by atoms with Gasteiger partial charge in [0.05, 0.1) is 11.2 Å². The second-order valence-corrected chi connectivity index (χ2v) is 6.27. The molecular formula is C19H21N5O. The highest BCUT2D eigenvalue weighted by atomic mass is 16.2. The first-order valence-electron chi connectivity index (χ1n) is 8.54. The highest BCUT2D eigenvalue weighted by Gasteiger charge is 2.21. The summed E-state index contributed by atoms with van der Waals surface area (Å²) in [5, 5.41) is 7.55. The molecule has 1 fully saturated rings. The molecule has 6 nitrogen and oxygen atoms in total. The normalized spacial score (nSPS) is 15.4. The van der Waals surface area contributed by atoms with Gasteiger partial charge in [-0.1, -0.05) is 24.3 Å². The van der Waals surface area contributed by atoms with E-state index in [1.165, 1.54) is 0 Å². The Kier molecular flexibility index (Phi) is 4.35. The molecule has 1 saturated heterocycles. The SMILES string of the molecule is O=C(Nc1ccccc1)N1CCN(Cc2cc3ccccn3n2)CC1. The average molecular weight is 335 g/mol. The number of pyridine rings is 1. The third kappa shape index (κ3) is 3.64. The maximum absolute atomic E-state index is 12.3. The van der Waals surface area contributed by atoms with Gasteiger partial charge in [0.15, 0.2) is 0 Å². The topological polar surface area (TPSA) is 52.9 Å². The lowest BCUT2D eigenvalue weighted by Gasteiger charge is -2.34. The highest BCUT2D eigenvalue weighted by Crippen LogP contribution is 2.12. The standard InChI is InChI=1S/C19H21N5O/c25-19(20-16-6-2-1-3-7-16)23-12-10-22(11-13-23)15-17-14-18-8-4-5-9-24(18)21-17/h1-9,14H,10-13,15H2,(H,20,25). The number of nitrogens with zero attached hydrogens (tertiary/aromatic N) is 4. The Bertz CT molecular complexity index is 819. The second kappa shape index (κ2) is 6.94. The lowest BCUT2D eigenvalue weighted by Crippen LogP contribution is -2.49. The number of fused-ring (bicyclic) bond motifs is 1. The predicted molar refractivity (Wildman–Crippen MR) is 97.5 cm³/mol. The minimum Gasteiger partial charge on any atom is -0.322 e. The number of hydrogen-bond donors (Lipinski definition) is 1. The number of anilines is 1. The van der Waals surface area contributed by atoms with Crippen LogP contribution in [0.5, 0.6) is 0 Å². The highest BCUT2D eigenvalue weighted by molar-refractivity contribution is 5.89. The van der Waals surface area contributed by atoms with E-state index in [1.807, 2.05) is 58.1 Å². The molecule has 1 aliphatic rings. The van der Waals surface area contributed by atoms with Crippen LogP contribution in [0.15, 0.2) is 60.8 Å². The largest absolute Gasteiger partial charge is 0.322 e. The number of rotatable bonds is 3. The van der Waals surface area contributed by atoms with Crippen LogP contribution in [0, 0.1) is 0 Å². The van der Waals surface area contributed by atoms with Gasteiger partial charge in [-0.2, -0.15) is 5.10 Å². The molecule has 0 bridgehead atoms. The summed E-state index contributed by atoms with van der Waals surface area (Å²) in [7, 11) is 0. The van der Waals surface area contributed by atoms with E-state index in [9.17, 15) is 4.79 Å². The zero-order chi connectivity index (χ0) is 17.1. The first kappa shape index (κ1) is 15.7. The number of hydrogen-bond acceptors (Lipinski definition) is 3. The second-order valence-electron chi connectivity index (χ2n) is 6.27. The van der Waals surface area contributed by atoms with Crippen molar-refractivity contribution in [3.63, 3.8) is 0 Å². The van der Waals surface area contributed by atoms with Crippen LogP contribution in [-0.2, 0) is 6.54 Å². The Hall–Kier alpha value is -2.86. The van der Waals surface area contributed by atoms with Crippen molar-refractivity contribution < 1.29 is 4.79 Å². The van der Waals surface area contributed by atoms with Gasteiger partial charge in [0.1, 0.15) is 0 Å². The van der Waals surface area contributed by atoms with E-state index < -0.39 is 0 Å². The van der Waals surface area contributed by atoms with Crippen molar-refractivity contribution >= 4 is 17.2 Å². The molecule has 6 heteroatoms. The van der Waals surface area contributed by atoms with Gasteiger partial charge < -0.3 is 10.2 Å². The molecule has 25 heavy (non-hydrogen) atoms. The van der Waals surface area contributed by atoms with Gasteiger partial charge in [-0.05, 0) is 30.3 Å². The van der Waals surface area contributed by atoms with E-state index >= 15 is 0 Å². The number of nitrogens with one attached hydrogen (secondary N) is 1. The fourth-order valence-electron chi connectivity index (χ4n) is 3.13. The number of piperazine rings is 1. The first-order valence-corrected chi connectivity index (χ1v) is 8.54. The molecule has 0 atom stereocenters. The minimum absolute atomic E-state index is 0.0291. The molecule has 1 aromatic carbocycles. The van der Waals surface area contributed by atoms with E-state index in [1.54, 1.807) is 0 Å². The third-order valence-electron chi connectivity index (χ3n) is 4.49. The van der Waals surface area contributed by atoms with Gasteiger partial charge in [0.25, 0.3) is 0 Å². The van der Waals surface area contributed by atoms with Gasteiger partial charge in [0.2, 0.25) is 0 Å². The van der Waals surface area contributed by atoms with Crippen molar-refractivity contribution in [2.75, 3.05) is 31.5 Å². The molecule has 2 amide bonds. The fraction of sp³-hybridized carbons (Fsp3) is 0.263. The third-order valence-corrected chi connectivity index (χ3v) is 4.49. The van der Waals surface area contributed by atoms with E-state index in [0.717, 1.165) is 49.6 Å². The van der Waals surface area contributed by atoms with Crippen LogP contribution in [-0.4, -0.2) is 51.6 Å². The molecule has 128 valence electrons. The van der Waals surface area contributed by atoms with Crippen molar-refractivity contribution in [2.24, 2.45) is 0 Å². The predicted octanol–water partition coefficient (Wildman–Crippen LogP) is 2.68.